The molecule has 0 aromatic heterocycles. The molecule has 0 spiro atoms. The van der Waals surface area contributed by atoms with Crippen molar-refractivity contribution in [3.63, 3.8) is 0 Å². The van der Waals surface area contributed by atoms with Crippen molar-refractivity contribution in [3.05, 3.63) is 0 Å². The third kappa shape index (κ3) is 5.64. The lowest BCUT2D eigenvalue weighted by Gasteiger charge is -2.32. The molecule has 16 heavy (non-hydrogen) atoms. The number of carboxylic acid groups (broad SMARTS) is 1. The van der Waals surface area contributed by atoms with Gasteiger partial charge in [0.2, 0.25) is 16.6 Å². The molecule has 0 heterocycles. The summed E-state index contributed by atoms with van der Waals surface area (Å²) in [6, 6.07) is 0. The second-order valence-corrected chi connectivity index (χ2v) is 13.6. The molecule has 1 amide bonds. The summed E-state index contributed by atoms with van der Waals surface area (Å²) < 4.78 is 10.7. The number of rotatable bonds is 6. The maximum atomic E-state index is 11.1. The molecule has 1 N–H and O–H groups in total. The van der Waals surface area contributed by atoms with E-state index < -0.39 is 22.7 Å². The van der Waals surface area contributed by atoms with E-state index in [1.807, 2.05) is 26.2 Å². The molecule has 0 saturated heterocycles. The van der Waals surface area contributed by atoms with E-state index in [0.29, 0.717) is 12.3 Å². The largest absolute Gasteiger partial charge is 0.465 e. The highest BCUT2D eigenvalue weighted by Crippen LogP contribution is 2.11. The highest BCUT2D eigenvalue weighted by atomic mass is 28.4. The minimum Gasteiger partial charge on any atom is -0.465 e. The number of carbonyl (C=O) groups is 1. The average molecular weight is 265 g/mol. The van der Waals surface area contributed by atoms with Crippen LogP contribution in [0.1, 0.15) is 0 Å². The van der Waals surface area contributed by atoms with Crippen LogP contribution >= 0.6 is 0 Å². The summed E-state index contributed by atoms with van der Waals surface area (Å²) in [4.78, 5) is 12.6. The highest BCUT2D eigenvalue weighted by molar-refractivity contribution is 6.73. The lowest BCUT2D eigenvalue weighted by atomic mass is 10.9. The fourth-order valence-corrected chi connectivity index (χ4v) is 4.05. The number of amides is 1. The van der Waals surface area contributed by atoms with Crippen LogP contribution in [0.25, 0.3) is 0 Å². The first-order valence-corrected chi connectivity index (χ1v) is 11.4. The van der Waals surface area contributed by atoms with E-state index in [-0.39, 0.29) is 0 Å². The van der Waals surface area contributed by atoms with Crippen molar-refractivity contribution in [3.8, 4) is 0 Å². The first-order valence-electron chi connectivity index (χ1n) is 5.22. The van der Waals surface area contributed by atoms with E-state index in [9.17, 15) is 4.79 Å². The van der Waals surface area contributed by atoms with Crippen LogP contribution in [0.3, 0.4) is 0 Å². The zero-order valence-electron chi connectivity index (χ0n) is 11.0. The maximum absolute atomic E-state index is 11.1. The van der Waals surface area contributed by atoms with Gasteiger partial charge in [-0.25, -0.2) is 4.79 Å². The Labute approximate surface area is 99.6 Å². The van der Waals surface area contributed by atoms with Gasteiger partial charge < -0.3 is 18.9 Å². The normalized spacial score (nSPS) is 12.6. The standard InChI is InChI=1S/C9H23NO4Si2/c1-13-15(3,4)7-10(9(11)12)8-16(5,6)14-2/h7-8H2,1-6H3,(H,11,12). The second-order valence-electron chi connectivity index (χ2n) is 5.07. The number of hydrogen-bond acceptors (Lipinski definition) is 3. The molecule has 96 valence electrons. The van der Waals surface area contributed by atoms with Crippen molar-refractivity contribution in [1.82, 2.24) is 4.90 Å². The van der Waals surface area contributed by atoms with Crippen molar-refractivity contribution < 1.29 is 18.8 Å². The minimum absolute atomic E-state index is 0.485. The quantitative estimate of drug-likeness (QED) is 0.743. The zero-order valence-corrected chi connectivity index (χ0v) is 13.0. The van der Waals surface area contributed by atoms with Gasteiger partial charge in [-0.2, -0.15) is 0 Å². The summed E-state index contributed by atoms with van der Waals surface area (Å²) in [5.74, 6) is 0. The topological polar surface area (TPSA) is 59.0 Å². The van der Waals surface area contributed by atoms with Crippen molar-refractivity contribution in [2.75, 3.05) is 26.6 Å². The fourth-order valence-electron chi connectivity index (χ4n) is 1.24. The molecule has 0 atom stereocenters. The van der Waals surface area contributed by atoms with Crippen LogP contribution in [-0.2, 0) is 8.85 Å². The van der Waals surface area contributed by atoms with Gasteiger partial charge in [0.15, 0.2) is 0 Å². The number of nitrogens with zero attached hydrogens (tertiary/aromatic N) is 1. The molecular formula is C9H23NO4Si2. The summed E-state index contributed by atoms with van der Waals surface area (Å²) in [6.07, 6.45) is 0.0762. The summed E-state index contributed by atoms with van der Waals surface area (Å²) in [5, 5.41) is 9.15. The van der Waals surface area contributed by atoms with Crippen LogP contribution in [0, 0.1) is 0 Å². The molecule has 0 aliphatic heterocycles. The molecule has 0 unspecified atom stereocenters. The zero-order chi connectivity index (χ0) is 13.0. The van der Waals surface area contributed by atoms with Gasteiger partial charge in [-0.3, -0.25) is 0 Å². The van der Waals surface area contributed by atoms with Crippen molar-refractivity contribution in [2.45, 2.75) is 26.2 Å². The molecule has 0 bridgehead atoms. The Balaban J connectivity index is 4.59. The van der Waals surface area contributed by atoms with Gasteiger partial charge in [0, 0.05) is 26.6 Å². The summed E-state index contributed by atoms with van der Waals surface area (Å²) >= 11 is 0. The van der Waals surface area contributed by atoms with Gasteiger partial charge in [0.25, 0.3) is 0 Å². The molecule has 0 aromatic rings. The van der Waals surface area contributed by atoms with Crippen LogP contribution in [0.5, 0.6) is 0 Å². The third-order valence-electron chi connectivity index (χ3n) is 2.52. The minimum atomic E-state index is -1.90. The van der Waals surface area contributed by atoms with Crippen molar-refractivity contribution >= 4 is 22.7 Å². The van der Waals surface area contributed by atoms with Gasteiger partial charge in [-0.05, 0) is 26.2 Å². The Morgan fingerprint density at radius 2 is 1.38 bits per heavy atom. The molecule has 5 nitrogen and oxygen atoms in total. The van der Waals surface area contributed by atoms with E-state index in [1.165, 1.54) is 4.90 Å². The Hall–Kier alpha value is -0.376. The Morgan fingerprint density at radius 1 is 1.06 bits per heavy atom. The van der Waals surface area contributed by atoms with Gasteiger partial charge in [-0.1, -0.05) is 0 Å². The lowest BCUT2D eigenvalue weighted by Crippen LogP contribution is -2.53. The first-order chi connectivity index (χ1) is 7.13. The van der Waals surface area contributed by atoms with Crippen molar-refractivity contribution in [1.29, 1.82) is 0 Å². The van der Waals surface area contributed by atoms with Crippen molar-refractivity contribution in [2.24, 2.45) is 0 Å². The van der Waals surface area contributed by atoms with E-state index in [0.717, 1.165) is 0 Å². The van der Waals surface area contributed by atoms with Gasteiger partial charge in [0.1, 0.15) is 0 Å². The maximum Gasteiger partial charge on any atom is 0.406 e. The highest BCUT2D eigenvalue weighted by Gasteiger charge is 2.32. The molecule has 0 rings (SSSR count). The summed E-state index contributed by atoms with van der Waals surface area (Å²) in [6.45, 7) is 8.02. The van der Waals surface area contributed by atoms with Crippen LogP contribution < -0.4 is 0 Å². The fraction of sp³-hybridized carbons (Fsp3) is 0.889. The molecule has 7 heteroatoms. The van der Waals surface area contributed by atoms with E-state index in [4.69, 9.17) is 14.0 Å². The van der Waals surface area contributed by atoms with Gasteiger partial charge >= 0.3 is 6.09 Å². The number of hydrogen-bond donors (Lipinski definition) is 1. The first kappa shape index (κ1) is 15.6. The van der Waals surface area contributed by atoms with Crippen LogP contribution in [0.2, 0.25) is 26.2 Å². The van der Waals surface area contributed by atoms with Gasteiger partial charge in [0.05, 0.1) is 0 Å². The third-order valence-corrected chi connectivity index (χ3v) is 7.02. The van der Waals surface area contributed by atoms with Crippen LogP contribution in [0.4, 0.5) is 4.79 Å². The van der Waals surface area contributed by atoms with E-state index in [2.05, 4.69) is 0 Å². The molecule has 0 aliphatic carbocycles. The monoisotopic (exact) mass is 265 g/mol. The molecule has 0 saturated carbocycles. The predicted molar refractivity (Wildman–Crippen MR) is 68.6 cm³/mol. The summed E-state index contributed by atoms with van der Waals surface area (Å²) in [7, 11) is -0.520. The lowest BCUT2D eigenvalue weighted by molar-refractivity contribution is 0.154. The Morgan fingerprint density at radius 3 is 1.56 bits per heavy atom. The molecule has 0 aliphatic rings. The van der Waals surface area contributed by atoms with Crippen LogP contribution in [0.15, 0.2) is 0 Å². The predicted octanol–water partition coefficient (Wildman–Crippen LogP) is 1.75. The van der Waals surface area contributed by atoms with Gasteiger partial charge in [-0.15, -0.1) is 0 Å². The molecule has 0 aromatic carbocycles. The smallest absolute Gasteiger partial charge is 0.406 e. The molecule has 0 radical (unpaired) electrons. The second kappa shape index (κ2) is 5.80. The summed E-state index contributed by atoms with van der Waals surface area (Å²) in [5.41, 5.74) is 0. The molecular weight excluding hydrogens is 242 g/mol. The molecule has 0 fully saturated rings. The van der Waals surface area contributed by atoms with E-state index in [1.54, 1.807) is 14.2 Å². The SMILES string of the molecule is CO[Si](C)(C)CN(C[Si](C)(C)OC)C(=O)O. The van der Waals surface area contributed by atoms with Crippen LogP contribution in [-0.4, -0.2) is 59.3 Å². The Kier molecular flexibility index (Phi) is 5.67. The average Bonchev–Trinajstić information content (AvgIpc) is 2.16. The Bertz CT molecular complexity index is 228. The van der Waals surface area contributed by atoms with E-state index >= 15 is 0 Å².